The summed E-state index contributed by atoms with van der Waals surface area (Å²) in [6.07, 6.45) is 1.07. The molecule has 0 bridgehead atoms. The van der Waals surface area contributed by atoms with E-state index in [1.807, 2.05) is 51.1 Å². The summed E-state index contributed by atoms with van der Waals surface area (Å²) in [5.74, 6) is -0.822. The molecule has 0 radical (unpaired) electrons. The lowest BCUT2D eigenvalue weighted by molar-refractivity contribution is -0.140. The maximum Gasteiger partial charge on any atom is 0.242 e. The first-order valence-electron chi connectivity index (χ1n) is 9.79. The second-order valence-electron chi connectivity index (χ2n) is 7.18. The molecule has 0 aliphatic rings. The molecule has 150 valence electrons. The molecule has 0 unspecified atom stereocenters. The molecule has 0 aliphatic heterocycles. The monoisotopic (exact) mass is 384 g/mol. The van der Waals surface area contributed by atoms with E-state index in [1.54, 1.807) is 23.1 Å². The lowest BCUT2D eigenvalue weighted by Crippen LogP contribution is -2.51. The summed E-state index contributed by atoms with van der Waals surface area (Å²) >= 11 is 0. The standard InChI is InChI=1S/C23H29FN2O2/c1-4-21(23(28)25-17(2)3)26(15-14-18-10-6-5-7-11-18)22(27)16-19-12-8-9-13-20(19)24/h5-13,17,21H,4,14-16H2,1-3H3,(H,25,28)/t21-/m1/s1. The predicted octanol–water partition coefficient (Wildman–Crippen LogP) is 3.74. The van der Waals surface area contributed by atoms with Crippen LogP contribution in [-0.2, 0) is 22.4 Å². The summed E-state index contributed by atoms with van der Waals surface area (Å²) < 4.78 is 14.0. The predicted molar refractivity (Wildman–Crippen MR) is 109 cm³/mol. The molecular formula is C23H29FN2O2. The van der Waals surface area contributed by atoms with Crippen LogP contribution < -0.4 is 5.32 Å². The first-order chi connectivity index (χ1) is 13.4. The molecule has 0 heterocycles. The van der Waals surface area contributed by atoms with Crippen LogP contribution in [0.15, 0.2) is 54.6 Å². The van der Waals surface area contributed by atoms with Crippen LogP contribution in [0.5, 0.6) is 0 Å². The van der Waals surface area contributed by atoms with Crippen LogP contribution in [0.4, 0.5) is 4.39 Å². The lowest BCUT2D eigenvalue weighted by atomic mass is 10.1. The molecule has 1 N–H and O–H groups in total. The summed E-state index contributed by atoms with van der Waals surface area (Å²) in [4.78, 5) is 27.3. The van der Waals surface area contributed by atoms with Gasteiger partial charge in [0.05, 0.1) is 6.42 Å². The summed E-state index contributed by atoms with van der Waals surface area (Å²) in [6.45, 7) is 6.07. The number of halogens is 1. The number of nitrogens with one attached hydrogen (secondary N) is 1. The molecule has 0 fully saturated rings. The van der Waals surface area contributed by atoms with Gasteiger partial charge in [0.15, 0.2) is 0 Å². The van der Waals surface area contributed by atoms with E-state index in [0.717, 1.165) is 5.56 Å². The van der Waals surface area contributed by atoms with Gasteiger partial charge in [-0.3, -0.25) is 9.59 Å². The van der Waals surface area contributed by atoms with Crippen LogP contribution in [0.1, 0.15) is 38.3 Å². The molecule has 0 saturated heterocycles. The summed E-state index contributed by atoms with van der Waals surface area (Å²) in [5.41, 5.74) is 1.43. The molecule has 5 heteroatoms. The third kappa shape index (κ3) is 6.19. The number of benzene rings is 2. The van der Waals surface area contributed by atoms with E-state index in [4.69, 9.17) is 0 Å². The van der Waals surface area contributed by atoms with Gasteiger partial charge in [0.25, 0.3) is 0 Å². The minimum absolute atomic E-state index is 0.0146. The SMILES string of the molecule is CC[C@H](C(=O)NC(C)C)N(CCc1ccccc1)C(=O)Cc1ccccc1F. The van der Waals surface area contributed by atoms with Crippen molar-refractivity contribution in [3.8, 4) is 0 Å². The average molecular weight is 384 g/mol. The minimum atomic E-state index is -0.578. The van der Waals surface area contributed by atoms with E-state index in [-0.39, 0.29) is 24.3 Å². The van der Waals surface area contributed by atoms with Crippen LogP contribution >= 0.6 is 0 Å². The first-order valence-corrected chi connectivity index (χ1v) is 9.79. The van der Waals surface area contributed by atoms with Gasteiger partial charge in [-0.25, -0.2) is 4.39 Å². The van der Waals surface area contributed by atoms with Crippen LogP contribution in [0.25, 0.3) is 0 Å². The fourth-order valence-corrected chi connectivity index (χ4v) is 3.18. The number of nitrogens with zero attached hydrogens (tertiary/aromatic N) is 1. The van der Waals surface area contributed by atoms with Crippen LogP contribution in [0, 0.1) is 5.82 Å². The van der Waals surface area contributed by atoms with Gasteiger partial charge in [0, 0.05) is 12.6 Å². The summed E-state index contributed by atoms with van der Waals surface area (Å²) in [7, 11) is 0. The fourth-order valence-electron chi connectivity index (χ4n) is 3.18. The van der Waals surface area contributed by atoms with E-state index < -0.39 is 11.9 Å². The zero-order valence-corrected chi connectivity index (χ0v) is 16.8. The molecule has 0 spiro atoms. The average Bonchev–Trinajstić information content (AvgIpc) is 2.67. The molecule has 0 aliphatic carbocycles. The van der Waals surface area contributed by atoms with Gasteiger partial charge in [-0.05, 0) is 43.9 Å². The Morgan fingerprint density at radius 1 is 1.04 bits per heavy atom. The zero-order chi connectivity index (χ0) is 20.5. The Labute approximate surface area is 166 Å². The van der Waals surface area contributed by atoms with Gasteiger partial charge in [0.1, 0.15) is 11.9 Å². The molecule has 4 nitrogen and oxygen atoms in total. The lowest BCUT2D eigenvalue weighted by Gasteiger charge is -2.31. The van der Waals surface area contributed by atoms with E-state index in [9.17, 15) is 14.0 Å². The van der Waals surface area contributed by atoms with Gasteiger partial charge in [-0.15, -0.1) is 0 Å². The summed E-state index contributed by atoms with van der Waals surface area (Å²) in [5, 5.41) is 2.90. The van der Waals surface area contributed by atoms with Crippen molar-refractivity contribution in [1.82, 2.24) is 10.2 Å². The molecule has 0 saturated carbocycles. The van der Waals surface area contributed by atoms with Crippen molar-refractivity contribution in [1.29, 1.82) is 0 Å². The van der Waals surface area contributed by atoms with Crippen molar-refractivity contribution in [3.63, 3.8) is 0 Å². The first kappa shape index (κ1) is 21.6. The molecular weight excluding hydrogens is 355 g/mol. The highest BCUT2D eigenvalue weighted by Gasteiger charge is 2.28. The van der Waals surface area contributed by atoms with Crippen molar-refractivity contribution in [3.05, 3.63) is 71.5 Å². The zero-order valence-electron chi connectivity index (χ0n) is 16.8. The minimum Gasteiger partial charge on any atom is -0.352 e. The third-order valence-electron chi connectivity index (χ3n) is 4.60. The highest BCUT2D eigenvalue weighted by atomic mass is 19.1. The number of carbonyl (C=O) groups excluding carboxylic acids is 2. The quantitative estimate of drug-likeness (QED) is 0.716. The normalized spacial score (nSPS) is 11.9. The Balaban J connectivity index is 2.21. The molecule has 1 atom stereocenters. The smallest absolute Gasteiger partial charge is 0.242 e. The second-order valence-corrected chi connectivity index (χ2v) is 7.18. The van der Waals surface area contributed by atoms with Crippen molar-refractivity contribution in [2.75, 3.05) is 6.54 Å². The number of hydrogen-bond donors (Lipinski definition) is 1. The van der Waals surface area contributed by atoms with Crippen molar-refractivity contribution in [2.24, 2.45) is 0 Å². The molecule has 2 aromatic carbocycles. The molecule has 2 amide bonds. The Morgan fingerprint density at radius 2 is 1.68 bits per heavy atom. The van der Waals surface area contributed by atoms with Crippen LogP contribution in [0.2, 0.25) is 0 Å². The van der Waals surface area contributed by atoms with Crippen molar-refractivity contribution >= 4 is 11.8 Å². The number of hydrogen-bond acceptors (Lipinski definition) is 2. The Morgan fingerprint density at radius 3 is 2.29 bits per heavy atom. The van der Waals surface area contributed by atoms with Crippen LogP contribution in [0.3, 0.4) is 0 Å². The Kier molecular flexibility index (Phi) is 8.18. The maximum atomic E-state index is 14.0. The van der Waals surface area contributed by atoms with Gasteiger partial charge in [-0.2, -0.15) is 0 Å². The van der Waals surface area contributed by atoms with Gasteiger partial charge in [0.2, 0.25) is 11.8 Å². The van der Waals surface area contributed by atoms with Crippen LogP contribution in [-0.4, -0.2) is 35.3 Å². The van der Waals surface area contributed by atoms with E-state index in [2.05, 4.69) is 5.32 Å². The van der Waals surface area contributed by atoms with Crippen molar-refractivity contribution < 1.29 is 14.0 Å². The van der Waals surface area contributed by atoms with Gasteiger partial charge in [-0.1, -0.05) is 55.5 Å². The van der Waals surface area contributed by atoms with Gasteiger partial charge < -0.3 is 10.2 Å². The number of carbonyl (C=O) groups is 2. The molecule has 28 heavy (non-hydrogen) atoms. The Bertz CT molecular complexity index is 777. The number of amides is 2. The third-order valence-corrected chi connectivity index (χ3v) is 4.60. The highest BCUT2D eigenvalue weighted by molar-refractivity contribution is 5.88. The molecule has 0 aromatic heterocycles. The largest absolute Gasteiger partial charge is 0.352 e. The second kappa shape index (κ2) is 10.6. The number of rotatable bonds is 9. The Hall–Kier alpha value is -2.69. The topological polar surface area (TPSA) is 49.4 Å². The molecule has 2 rings (SSSR count). The van der Waals surface area contributed by atoms with E-state index in [1.165, 1.54) is 6.07 Å². The highest BCUT2D eigenvalue weighted by Crippen LogP contribution is 2.14. The van der Waals surface area contributed by atoms with E-state index >= 15 is 0 Å². The van der Waals surface area contributed by atoms with Crippen molar-refractivity contribution in [2.45, 2.75) is 52.1 Å². The summed E-state index contributed by atoms with van der Waals surface area (Å²) in [6, 6.07) is 15.5. The maximum absolute atomic E-state index is 14.0. The van der Waals surface area contributed by atoms with E-state index in [0.29, 0.717) is 24.9 Å². The fraction of sp³-hybridized carbons (Fsp3) is 0.391. The van der Waals surface area contributed by atoms with Gasteiger partial charge >= 0.3 is 0 Å². The molecule has 2 aromatic rings.